The van der Waals surface area contributed by atoms with Gasteiger partial charge >= 0.3 is 0 Å². The highest BCUT2D eigenvalue weighted by molar-refractivity contribution is 6.35. The lowest BCUT2D eigenvalue weighted by molar-refractivity contribution is 0.195. The van der Waals surface area contributed by atoms with Crippen molar-refractivity contribution in [2.75, 3.05) is 33.7 Å². The van der Waals surface area contributed by atoms with Crippen LogP contribution in [-0.2, 0) is 6.42 Å². The Balaban J connectivity index is 2.07. The molecule has 2 atom stereocenters. The summed E-state index contributed by atoms with van der Waals surface area (Å²) in [4.78, 5) is 4.73. The summed E-state index contributed by atoms with van der Waals surface area (Å²) in [5.74, 6) is 0. The predicted octanol–water partition coefficient (Wildman–Crippen LogP) is 2.50. The van der Waals surface area contributed by atoms with Crippen molar-refractivity contribution in [3.05, 3.63) is 33.8 Å². The highest BCUT2D eigenvalue weighted by atomic mass is 35.5. The summed E-state index contributed by atoms with van der Waals surface area (Å²) in [6.45, 7) is 3.23. The molecule has 1 aliphatic heterocycles. The summed E-state index contributed by atoms with van der Waals surface area (Å²) in [6.07, 6.45) is 1.97. The second kappa shape index (κ2) is 7.10. The van der Waals surface area contributed by atoms with Crippen LogP contribution < -0.4 is 5.73 Å². The normalized spacial score (nSPS) is 23.6. The molecule has 0 radical (unpaired) electrons. The van der Waals surface area contributed by atoms with Crippen LogP contribution in [0.3, 0.4) is 0 Å². The largest absolute Gasteiger partial charge is 0.326 e. The minimum Gasteiger partial charge on any atom is -0.326 e. The average molecular weight is 316 g/mol. The fraction of sp³-hybridized carbons (Fsp3) is 0.600. The van der Waals surface area contributed by atoms with Crippen LogP contribution in [0.4, 0.5) is 0 Å². The maximum atomic E-state index is 6.45. The van der Waals surface area contributed by atoms with Crippen LogP contribution in [0.5, 0.6) is 0 Å². The highest BCUT2D eigenvalue weighted by Crippen LogP contribution is 2.23. The van der Waals surface area contributed by atoms with E-state index in [4.69, 9.17) is 28.9 Å². The van der Waals surface area contributed by atoms with Crippen LogP contribution in [0.1, 0.15) is 12.0 Å². The molecule has 0 bridgehead atoms. The first-order valence-corrected chi connectivity index (χ1v) is 7.81. The summed E-state index contributed by atoms with van der Waals surface area (Å²) in [5.41, 5.74) is 7.52. The van der Waals surface area contributed by atoms with Crippen molar-refractivity contribution in [1.29, 1.82) is 0 Å². The molecule has 1 heterocycles. The van der Waals surface area contributed by atoms with E-state index in [9.17, 15) is 0 Å². The zero-order valence-corrected chi connectivity index (χ0v) is 13.7. The Morgan fingerprint density at radius 3 is 2.75 bits per heavy atom. The fourth-order valence-electron chi connectivity index (χ4n) is 2.85. The summed E-state index contributed by atoms with van der Waals surface area (Å²) in [5, 5.41) is 1.37. The molecule has 5 heteroatoms. The molecule has 2 N–H and O–H groups in total. The molecule has 0 spiro atoms. The first-order chi connectivity index (χ1) is 9.47. The highest BCUT2D eigenvalue weighted by Gasteiger charge is 2.26. The summed E-state index contributed by atoms with van der Waals surface area (Å²) < 4.78 is 0. The topological polar surface area (TPSA) is 32.5 Å². The van der Waals surface area contributed by atoms with E-state index >= 15 is 0 Å². The lowest BCUT2D eigenvalue weighted by Crippen LogP contribution is -2.51. The molecule has 2 rings (SSSR count). The van der Waals surface area contributed by atoms with Crippen LogP contribution in [0.2, 0.25) is 10.0 Å². The first kappa shape index (κ1) is 16.1. The van der Waals surface area contributed by atoms with E-state index in [0.29, 0.717) is 16.1 Å². The van der Waals surface area contributed by atoms with Crippen molar-refractivity contribution < 1.29 is 0 Å². The number of halogens is 2. The molecule has 0 saturated carbocycles. The minimum absolute atomic E-state index is 0.0687. The van der Waals surface area contributed by atoms with Crippen molar-refractivity contribution >= 4 is 23.2 Å². The average Bonchev–Trinajstić information content (AvgIpc) is 2.54. The Labute approximate surface area is 131 Å². The Morgan fingerprint density at radius 1 is 1.30 bits per heavy atom. The van der Waals surface area contributed by atoms with E-state index in [1.807, 2.05) is 12.1 Å². The molecule has 20 heavy (non-hydrogen) atoms. The molecule has 1 fully saturated rings. The lowest BCUT2D eigenvalue weighted by Gasteiger charge is -2.32. The maximum Gasteiger partial charge on any atom is 0.0453 e. The smallest absolute Gasteiger partial charge is 0.0453 e. The molecule has 0 aromatic heterocycles. The van der Waals surface area contributed by atoms with Crippen LogP contribution in [0.25, 0.3) is 0 Å². The number of rotatable bonds is 3. The van der Waals surface area contributed by atoms with Crippen molar-refractivity contribution in [3.63, 3.8) is 0 Å². The standard InChI is InChI=1S/C15H23Cl2N3/c1-19-6-3-7-20(2)15(10-19)14(18)8-11-4-5-12(16)9-13(11)17/h4-5,9,14-15H,3,6-8,10,18H2,1-2H3. The molecule has 2 unspecified atom stereocenters. The second-order valence-corrected chi connectivity index (χ2v) is 6.61. The van der Waals surface area contributed by atoms with Gasteiger partial charge in [0, 0.05) is 28.7 Å². The molecule has 1 aromatic carbocycles. The minimum atomic E-state index is 0.0687. The van der Waals surface area contributed by atoms with Gasteiger partial charge in [0.25, 0.3) is 0 Å². The number of likely N-dealkylation sites (N-methyl/N-ethyl adjacent to an activating group) is 2. The van der Waals surface area contributed by atoms with Crippen LogP contribution in [0.15, 0.2) is 18.2 Å². The zero-order chi connectivity index (χ0) is 14.7. The number of nitrogens with zero attached hydrogens (tertiary/aromatic N) is 2. The summed E-state index contributed by atoms with van der Waals surface area (Å²) in [7, 11) is 4.32. The Hall–Kier alpha value is -0.320. The van der Waals surface area contributed by atoms with Crippen LogP contribution in [0, 0.1) is 0 Å². The van der Waals surface area contributed by atoms with E-state index in [-0.39, 0.29) is 6.04 Å². The molecule has 0 aliphatic carbocycles. The number of benzene rings is 1. The number of nitrogens with two attached hydrogens (primary N) is 1. The van der Waals surface area contributed by atoms with E-state index in [1.54, 1.807) is 6.07 Å². The van der Waals surface area contributed by atoms with Crippen LogP contribution >= 0.6 is 23.2 Å². The number of hydrogen-bond acceptors (Lipinski definition) is 3. The van der Waals surface area contributed by atoms with Gasteiger partial charge in [-0.2, -0.15) is 0 Å². The molecular formula is C15H23Cl2N3. The van der Waals surface area contributed by atoms with Gasteiger partial charge in [0.05, 0.1) is 0 Å². The maximum absolute atomic E-state index is 6.45. The van der Waals surface area contributed by atoms with Crippen molar-refractivity contribution in [3.8, 4) is 0 Å². The quantitative estimate of drug-likeness (QED) is 0.930. The van der Waals surface area contributed by atoms with E-state index < -0.39 is 0 Å². The number of hydrogen-bond donors (Lipinski definition) is 1. The van der Waals surface area contributed by atoms with Gasteiger partial charge < -0.3 is 15.5 Å². The summed E-state index contributed by atoms with van der Waals surface area (Å²) >= 11 is 12.2. The van der Waals surface area contributed by atoms with Crippen molar-refractivity contribution in [2.24, 2.45) is 5.73 Å². The van der Waals surface area contributed by atoms with Gasteiger partial charge in [-0.05, 0) is 57.7 Å². The predicted molar refractivity (Wildman–Crippen MR) is 86.7 cm³/mol. The van der Waals surface area contributed by atoms with Gasteiger partial charge in [0.15, 0.2) is 0 Å². The second-order valence-electron chi connectivity index (χ2n) is 5.77. The van der Waals surface area contributed by atoms with Gasteiger partial charge in [-0.25, -0.2) is 0 Å². The van der Waals surface area contributed by atoms with Gasteiger partial charge in [-0.15, -0.1) is 0 Å². The van der Waals surface area contributed by atoms with Gasteiger partial charge in [0.1, 0.15) is 0 Å². The monoisotopic (exact) mass is 315 g/mol. The third kappa shape index (κ3) is 4.09. The molecule has 1 aliphatic rings. The third-order valence-electron chi connectivity index (χ3n) is 4.08. The zero-order valence-electron chi connectivity index (χ0n) is 12.1. The molecule has 3 nitrogen and oxygen atoms in total. The molecule has 1 saturated heterocycles. The molecule has 1 aromatic rings. The van der Waals surface area contributed by atoms with Crippen LogP contribution in [-0.4, -0.2) is 55.6 Å². The van der Waals surface area contributed by atoms with E-state index in [1.165, 1.54) is 6.42 Å². The Morgan fingerprint density at radius 2 is 2.05 bits per heavy atom. The van der Waals surface area contributed by atoms with E-state index in [0.717, 1.165) is 31.6 Å². The SMILES string of the molecule is CN1CCCN(C)C(C(N)Cc2ccc(Cl)cc2Cl)C1. The Kier molecular flexibility index (Phi) is 5.70. The van der Waals surface area contributed by atoms with Crippen molar-refractivity contribution in [1.82, 2.24) is 9.80 Å². The third-order valence-corrected chi connectivity index (χ3v) is 4.67. The fourth-order valence-corrected chi connectivity index (χ4v) is 3.33. The van der Waals surface area contributed by atoms with Crippen molar-refractivity contribution in [2.45, 2.75) is 24.9 Å². The summed E-state index contributed by atoms with van der Waals surface area (Å²) in [6, 6.07) is 6.06. The molecular weight excluding hydrogens is 293 g/mol. The first-order valence-electron chi connectivity index (χ1n) is 7.05. The van der Waals surface area contributed by atoms with Gasteiger partial charge in [-0.1, -0.05) is 29.3 Å². The van der Waals surface area contributed by atoms with Gasteiger partial charge in [0.2, 0.25) is 0 Å². The van der Waals surface area contributed by atoms with Gasteiger partial charge in [-0.3, -0.25) is 0 Å². The van der Waals surface area contributed by atoms with E-state index in [2.05, 4.69) is 23.9 Å². The lowest BCUT2D eigenvalue weighted by atomic mass is 9.99. The molecule has 112 valence electrons. The Bertz CT molecular complexity index is 453. The molecule has 0 amide bonds.